The Kier molecular flexibility index (Phi) is 2.80. The highest BCUT2D eigenvalue weighted by Gasteiger charge is 2.35. The van der Waals surface area contributed by atoms with E-state index in [0.717, 1.165) is 6.20 Å². The number of nitrogens with zero attached hydrogens (tertiary/aromatic N) is 1. The highest BCUT2D eigenvalue weighted by Crippen LogP contribution is 2.37. The van der Waals surface area contributed by atoms with Crippen LogP contribution in [-0.2, 0) is 6.18 Å². The van der Waals surface area contributed by atoms with Gasteiger partial charge in [0.2, 0.25) is 0 Å². The molecule has 0 aromatic carbocycles. The zero-order valence-electron chi connectivity index (χ0n) is 6.52. The van der Waals surface area contributed by atoms with E-state index in [1.807, 2.05) is 0 Å². The number of pyridine rings is 1. The lowest BCUT2D eigenvalue weighted by Gasteiger charge is -2.09. The largest absolute Gasteiger partial charge is 0.495 e. The van der Waals surface area contributed by atoms with Gasteiger partial charge in [0.25, 0.3) is 0 Å². The number of halogens is 4. The van der Waals surface area contributed by atoms with Crippen LogP contribution in [0.15, 0.2) is 16.7 Å². The molecule has 0 fully saturated rings. The van der Waals surface area contributed by atoms with Crippen molar-refractivity contribution >= 4 is 15.9 Å². The van der Waals surface area contributed by atoms with Crippen molar-refractivity contribution < 1.29 is 17.9 Å². The Hall–Kier alpha value is -0.780. The lowest BCUT2D eigenvalue weighted by molar-refractivity contribution is -0.141. The van der Waals surface area contributed by atoms with Gasteiger partial charge < -0.3 is 4.74 Å². The lowest BCUT2D eigenvalue weighted by atomic mass is 10.3. The average molecular weight is 256 g/mol. The van der Waals surface area contributed by atoms with Crippen LogP contribution in [0.3, 0.4) is 0 Å². The number of methoxy groups -OCH3 is 1. The molecule has 0 bridgehead atoms. The van der Waals surface area contributed by atoms with Crippen LogP contribution in [0.1, 0.15) is 5.69 Å². The van der Waals surface area contributed by atoms with Crippen LogP contribution < -0.4 is 4.74 Å². The molecule has 13 heavy (non-hydrogen) atoms. The van der Waals surface area contributed by atoms with Crippen molar-refractivity contribution in [2.75, 3.05) is 7.11 Å². The first-order valence-corrected chi connectivity index (χ1v) is 4.02. The predicted octanol–water partition coefficient (Wildman–Crippen LogP) is 2.87. The molecule has 1 rings (SSSR count). The summed E-state index contributed by atoms with van der Waals surface area (Å²) in [6.07, 6.45) is -3.42. The molecule has 0 aliphatic heterocycles. The second kappa shape index (κ2) is 3.53. The van der Waals surface area contributed by atoms with Crippen LogP contribution in [0.25, 0.3) is 0 Å². The van der Waals surface area contributed by atoms with Gasteiger partial charge in [-0.3, -0.25) is 4.98 Å². The molecular formula is C7H5BrF3NO. The zero-order chi connectivity index (χ0) is 10.1. The van der Waals surface area contributed by atoms with Crippen LogP contribution in [0.4, 0.5) is 13.2 Å². The van der Waals surface area contributed by atoms with Crippen molar-refractivity contribution in [1.82, 2.24) is 4.98 Å². The van der Waals surface area contributed by atoms with Crippen LogP contribution >= 0.6 is 15.9 Å². The number of hydrogen-bond donors (Lipinski definition) is 0. The quantitative estimate of drug-likeness (QED) is 0.770. The van der Waals surface area contributed by atoms with Crippen molar-refractivity contribution in [3.05, 3.63) is 22.4 Å². The van der Waals surface area contributed by atoms with Gasteiger partial charge in [-0.25, -0.2) is 0 Å². The molecule has 0 radical (unpaired) electrons. The second-order valence-electron chi connectivity index (χ2n) is 2.17. The standard InChI is InChI=1S/C7H5BrF3NO/c1-13-4-2-3-12-6(5(4)8)7(9,10)11/h2-3H,1H3. The van der Waals surface area contributed by atoms with E-state index in [1.165, 1.54) is 13.2 Å². The first kappa shape index (κ1) is 10.3. The number of ether oxygens (including phenoxy) is 1. The van der Waals surface area contributed by atoms with Gasteiger partial charge in [-0.15, -0.1) is 0 Å². The van der Waals surface area contributed by atoms with E-state index in [4.69, 9.17) is 4.74 Å². The van der Waals surface area contributed by atoms with Gasteiger partial charge in [0.1, 0.15) is 5.75 Å². The number of rotatable bonds is 1. The molecule has 1 aromatic rings. The highest BCUT2D eigenvalue weighted by atomic mass is 79.9. The highest BCUT2D eigenvalue weighted by molar-refractivity contribution is 9.10. The third-order valence-electron chi connectivity index (χ3n) is 1.34. The molecule has 6 heteroatoms. The Labute approximate surface area is 80.9 Å². The van der Waals surface area contributed by atoms with Crippen molar-refractivity contribution in [3.8, 4) is 5.75 Å². The van der Waals surface area contributed by atoms with Crippen LogP contribution in [-0.4, -0.2) is 12.1 Å². The van der Waals surface area contributed by atoms with E-state index < -0.39 is 11.9 Å². The van der Waals surface area contributed by atoms with E-state index in [1.54, 1.807) is 0 Å². The fourth-order valence-corrected chi connectivity index (χ4v) is 1.40. The first-order valence-electron chi connectivity index (χ1n) is 3.22. The topological polar surface area (TPSA) is 22.1 Å². The molecule has 0 unspecified atom stereocenters. The van der Waals surface area contributed by atoms with Gasteiger partial charge in [-0.05, 0) is 22.0 Å². The maximum Gasteiger partial charge on any atom is 0.434 e. The molecule has 0 atom stereocenters. The Balaban J connectivity index is 3.24. The Morgan fingerprint density at radius 3 is 2.54 bits per heavy atom. The van der Waals surface area contributed by atoms with Crippen molar-refractivity contribution in [3.63, 3.8) is 0 Å². The number of hydrogen-bond acceptors (Lipinski definition) is 2. The molecule has 0 aliphatic rings. The smallest absolute Gasteiger partial charge is 0.434 e. The molecular weight excluding hydrogens is 251 g/mol. The van der Waals surface area contributed by atoms with Gasteiger partial charge in [-0.1, -0.05) is 0 Å². The van der Waals surface area contributed by atoms with Crippen molar-refractivity contribution in [2.24, 2.45) is 0 Å². The average Bonchev–Trinajstić information content (AvgIpc) is 2.02. The van der Waals surface area contributed by atoms with E-state index in [-0.39, 0.29) is 10.2 Å². The molecule has 1 aromatic heterocycles. The fraction of sp³-hybridized carbons (Fsp3) is 0.286. The summed E-state index contributed by atoms with van der Waals surface area (Å²) in [7, 11) is 1.29. The van der Waals surface area contributed by atoms with Gasteiger partial charge in [0, 0.05) is 6.20 Å². The molecule has 0 N–H and O–H groups in total. The van der Waals surface area contributed by atoms with Gasteiger partial charge in [-0.2, -0.15) is 13.2 Å². The minimum absolute atomic E-state index is 0.113. The zero-order valence-corrected chi connectivity index (χ0v) is 8.11. The summed E-state index contributed by atoms with van der Waals surface area (Å²) < 4.78 is 41.2. The molecule has 0 aliphatic carbocycles. The SMILES string of the molecule is COc1ccnc(C(F)(F)F)c1Br. The van der Waals surface area contributed by atoms with Crippen LogP contribution in [0.5, 0.6) is 5.75 Å². The van der Waals surface area contributed by atoms with Gasteiger partial charge in [0.15, 0.2) is 5.69 Å². The van der Waals surface area contributed by atoms with E-state index in [2.05, 4.69) is 20.9 Å². The summed E-state index contributed by atoms with van der Waals surface area (Å²) in [5.74, 6) is 0.113. The van der Waals surface area contributed by atoms with Crippen molar-refractivity contribution in [2.45, 2.75) is 6.18 Å². The normalized spacial score (nSPS) is 11.5. The predicted molar refractivity (Wildman–Crippen MR) is 43.5 cm³/mol. The monoisotopic (exact) mass is 255 g/mol. The molecule has 0 spiro atoms. The molecule has 2 nitrogen and oxygen atoms in total. The Morgan fingerprint density at radius 1 is 1.46 bits per heavy atom. The summed E-state index contributed by atoms with van der Waals surface area (Å²) in [5.41, 5.74) is -0.980. The maximum atomic E-state index is 12.2. The number of aromatic nitrogens is 1. The van der Waals surface area contributed by atoms with Gasteiger partial charge >= 0.3 is 6.18 Å². The van der Waals surface area contributed by atoms with E-state index in [0.29, 0.717) is 0 Å². The van der Waals surface area contributed by atoms with E-state index >= 15 is 0 Å². The van der Waals surface area contributed by atoms with Gasteiger partial charge in [0.05, 0.1) is 11.6 Å². The molecule has 1 heterocycles. The summed E-state index contributed by atoms with van der Waals surface area (Å²) in [6, 6.07) is 1.35. The Morgan fingerprint density at radius 2 is 2.08 bits per heavy atom. The molecule has 72 valence electrons. The number of alkyl halides is 3. The molecule has 0 saturated heterocycles. The second-order valence-corrected chi connectivity index (χ2v) is 2.97. The third kappa shape index (κ3) is 2.12. The minimum atomic E-state index is -4.46. The summed E-state index contributed by atoms with van der Waals surface area (Å²) in [4.78, 5) is 3.21. The first-order chi connectivity index (χ1) is 5.96. The fourth-order valence-electron chi connectivity index (χ4n) is 0.781. The third-order valence-corrected chi connectivity index (χ3v) is 2.11. The summed E-state index contributed by atoms with van der Waals surface area (Å²) in [5, 5.41) is 0. The molecule has 0 amide bonds. The molecule has 0 saturated carbocycles. The van der Waals surface area contributed by atoms with Crippen LogP contribution in [0, 0.1) is 0 Å². The van der Waals surface area contributed by atoms with E-state index in [9.17, 15) is 13.2 Å². The van der Waals surface area contributed by atoms with Crippen LogP contribution in [0.2, 0.25) is 0 Å². The summed E-state index contributed by atoms with van der Waals surface area (Å²) >= 11 is 2.77. The summed E-state index contributed by atoms with van der Waals surface area (Å²) in [6.45, 7) is 0. The maximum absolute atomic E-state index is 12.2. The Bertz CT molecular complexity index is 313. The van der Waals surface area contributed by atoms with Crippen molar-refractivity contribution in [1.29, 1.82) is 0 Å². The minimum Gasteiger partial charge on any atom is -0.495 e. The lowest BCUT2D eigenvalue weighted by Crippen LogP contribution is -2.09.